The van der Waals surface area contributed by atoms with Crippen molar-refractivity contribution in [2.75, 3.05) is 0 Å². The van der Waals surface area contributed by atoms with Gasteiger partial charge in [0.25, 0.3) is 0 Å². The summed E-state index contributed by atoms with van der Waals surface area (Å²) in [6, 6.07) is 0. The van der Waals surface area contributed by atoms with Crippen LogP contribution in [0.2, 0.25) is 0 Å². The summed E-state index contributed by atoms with van der Waals surface area (Å²) in [7, 11) is 0. The Balaban J connectivity index is 0.000000531. The van der Waals surface area contributed by atoms with Crippen LogP contribution in [-0.4, -0.2) is 9.97 Å². The first-order valence-electron chi connectivity index (χ1n) is 4.76. The summed E-state index contributed by atoms with van der Waals surface area (Å²) in [5, 5.41) is 0. The molecule has 2 heteroatoms. The third-order valence-electron chi connectivity index (χ3n) is 1.71. The molecule has 0 atom stereocenters. The molecule has 0 spiro atoms. The van der Waals surface area contributed by atoms with Gasteiger partial charge in [-0.1, -0.05) is 26.0 Å². The topological polar surface area (TPSA) is 28.7 Å². The van der Waals surface area contributed by atoms with Crippen LogP contribution < -0.4 is 0 Å². The SMILES string of the molecule is CC.Cc1nc2c([nH]1)C=CCC=C2.[HH]. The highest BCUT2D eigenvalue weighted by Gasteiger charge is 2.02. The van der Waals surface area contributed by atoms with Crippen molar-refractivity contribution in [3.63, 3.8) is 0 Å². The molecule has 72 valence electrons. The first-order valence-corrected chi connectivity index (χ1v) is 4.76. The van der Waals surface area contributed by atoms with Crippen LogP contribution in [0.25, 0.3) is 12.2 Å². The molecule has 0 bridgehead atoms. The van der Waals surface area contributed by atoms with Crippen molar-refractivity contribution in [3.8, 4) is 0 Å². The van der Waals surface area contributed by atoms with Gasteiger partial charge < -0.3 is 4.98 Å². The zero-order valence-corrected chi connectivity index (χ0v) is 8.46. The number of hydrogen-bond acceptors (Lipinski definition) is 1. The summed E-state index contributed by atoms with van der Waals surface area (Å²) in [6.07, 6.45) is 9.37. The summed E-state index contributed by atoms with van der Waals surface area (Å²) in [5.74, 6) is 0.978. The molecule has 2 nitrogen and oxygen atoms in total. The van der Waals surface area contributed by atoms with Gasteiger partial charge in [-0.25, -0.2) is 4.98 Å². The van der Waals surface area contributed by atoms with E-state index in [0.29, 0.717) is 0 Å². The fraction of sp³-hybridized carbons (Fsp3) is 0.364. The number of fused-ring (bicyclic) bond motifs is 1. The van der Waals surface area contributed by atoms with Crippen molar-refractivity contribution in [2.24, 2.45) is 0 Å². The number of nitrogens with zero attached hydrogens (tertiary/aromatic N) is 1. The van der Waals surface area contributed by atoms with Crippen molar-refractivity contribution in [1.29, 1.82) is 0 Å². The zero-order chi connectivity index (χ0) is 9.68. The van der Waals surface area contributed by atoms with E-state index in [1.54, 1.807) is 0 Å². The van der Waals surface area contributed by atoms with Crippen LogP contribution in [0.4, 0.5) is 0 Å². The summed E-state index contributed by atoms with van der Waals surface area (Å²) in [4.78, 5) is 7.50. The lowest BCUT2D eigenvalue weighted by atomic mass is 10.3. The molecule has 0 saturated carbocycles. The quantitative estimate of drug-likeness (QED) is 0.648. The first-order chi connectivity index (χ1) is 6.36. The Kier molecular flexibility index (Phi) is 3.50. The standard InChI is InChI=1S/C9H10N2.C2H6.H2/c1-7-10-8-5-3-2-4-6-9(8)11-7;1-2;/h3-6H,2H2,1H3,(H,10,11);1-2H3;1H. The van der Waals surface area contributed by atoms with Gasteiger partial charge >= 0.3 is 0 Å². The smallest absolute Gasteiger partial charge is 0.104 e. The Morgan fingerprint density at radius 2 is 2.00 bits per heavy atom. The molecule has 1 heterocycles. The van der Waals surface area contributed by atoms with Gasteiger partial charge in [-0.05, 0) is 25.5 Å². The maximum absolute atomic E-state index is 4.32. The van der Waals surface area contributed by atoms with Crippen LogP contribution >= 0.6 is 0 Å². The monoisotopic (exact) mass is 178 g/mol. The highest BCUT2D eigenvalue weighted by atomic mass is 14.9. The second kappa shape index (κ2) is 4.65. The maximum atomic E-state index is 4.32. The van der Waals surface area contributed by atoms with E-state index in [9.17, 15) is 0 Å². The molecule has 2 rings (SSSR count). The van der Waals surface area contributed by atoms with E-state index in [2.05, 4.69) is 34.3 Å². The van der Waals surface area contributed by atoms with Gasteiger partial charge in [-0.15, -0.1) is 0 Å². The minimum Gasteiger partial charge on any atom is -0.342 e. The molecule has 1 aliphatic rings. The van der Waals surface area contributed by atoms with Crippen LogP contribution in [0.15, 0.2) is 12.2 Å². The third kappa shape index (κ3) is 2.31. The fourth-order valence-electron chi connectivity index (χ4n) is 1.23. The van der Waals surface area contributed by atoms with E-state index in [-0.39, 0.29) is 1.43 Å². The van der Waals surface area contributed by atoms with Gasteiger partial charge in [-0.3, -0.25) is 0 Å². The maximum Gasteiger partial charge on any atom is 0.104 e. The van der Waals surface area contributed by atoms with Crippen LogP contribution in [0.1, 0.15) is 38.9 Å². The Labute approximate surface area is 80.9 Å². The molecule has 13 heavy (non-hydrogen) atoms. The molecule has 1 aromatic rings. The van der Waals surface area contributed by atoms with Crippen LogP contribution in [0, 0.1) is 6.92 Å². The van der Waals surface area contributed by atoms with Crippen molar-refractivity contribution >= 4 is 12.2 Å². The van der Waals surface area contributed by atoms with E-state index in [1.807, 2.05) is 20.8 Å². The molecule has 0 unspecified atom stereocenters. The normalized spacial score (nSPS) is 12.8. The van der Waals surface area contributed by atoms with Crippen molar-refractivity contribution < 1.29 is 1.43 Å². The van der Waals surface area contributed by atoms with E-state index in [0.717, 1.165) is 23.6 Å². The third-order valence-corrected chi connectivity index (χ3v) is 1.71. The fourth-order valence-corrected chi connectivity index (χ4v) is 1.23. The van der Waals surface area contributed by atoms with E-state index in [1.165, 1.54) is 0 Å². The predicted molar refractivity (Wildman–Crippen MR) is 59.5 cm³/mol. The Hall–Kier alpha value is -1.31. The van der Waals surface area contributed by atoms with Gasteiger partial charge in [0.1, 0.15) is 5.82 Å². The number of aryl methyl sites for hydroxylation is 1. The summed E-state index contributed by atoms with van der Waals surface area (Å²) >= 11 is 0. The number of aromatic nitrogens is 2. The van der Waals surface area contributed by atoms with Crippen LogP contribution in [-0.2, 0) is 0 Å². The predicted octanol–water partition coefficient (Wildman–Crippen LogP) is 3.42. The number of hydrogen-bond donors (Lipinski definition) is 1. The number of allylic oxidation sites excluding steroid dienone is 2. The molecule has 0 aliphatic heterocycles. The largest absolute Gasteiger partial charge is 0.342 e. The second-order valence-corrected chi connectivity index (χ2v) is 2.66. The van der Waals surface area contributed by atoms with Crippen molar-refractivity contribution in [2.45, 2.75) is 27.2 Å². The summed E-state index contributed by atoms with van der Waals surface area (Å²) < 4.78 is 0. The van der Waals surface area contributed by atoms with Crippen molar-refractivity contribution in [3.05, 3.63) is 29.4 Å². The average Bonchev–Trinajstić information content (AvgIpc) is 2.36. The van der Waals surface area contributed by atoms with Gasteiger partial charge in [0.05, 0.1) is 11.4 Å². The highest BCUT2D eigenvalue weighted by Crippen LogP contribution is 2.13. The van der Waals surface area contributed by atoms with E-state index >= 15 is 0 Å². The molecule has 0 saturated heterocycles. The number of rotatable bonds is 0. The van der Waals surface area contributed by atoms with Gasteiger partial charge in [-0.2, -0.15) is 0 Å². The van der Waals surface area contributed by atoms with Gasteiger partial charge in [0.2, 0.25) is 0 Å². The Morgan fingerprint density at radius 1 is 1.31 bits per heavy atom. The molecule has 1 aromatic heterocycles. The number of imidazole rings is 1. The molecular weight excluding hydrogens is 160 g/mol. The highest BCUT2D eigenvalue weighted by molar-refractivity contribution is 5.62. The van der Waals surface area contributed by atoms with Crippen LogP contribution in [0.5, 0.6) is 0 Å². The second-order valence-electron chi connectivity index (χ2n) is 2.66. The average molecular weight is 178 g/mol. The molecule has 1 aliphatic carbocycles. The van der Waals surface area contributed by atoms with Crippen molar-refractivity contribution in [1.82, 2.24) is 9.97 Å². The summed E-state index contributed by atoms with van der Waals surface area (Å²) in [6.45, 7) is 5.97. The van der Waals surface area contributed by atoms with Gasteiger partial charge in [0, 0.05) is 1.43 Å². The van der Waals surface area contributed by atoms with E-state index < -0.39 is 0 Å². The molecule has 1 N–H and O–H groups in total. The lowest BCUT2D eigenvalue weighted by molar-refractivity contribution is 1.14. The molecular formula is C11H18N2. The minimum absolute atomic E-state index is 0. The zero-order valence-electron chi connectivity index (χ0n) is 8.46. The Bertz CT molecular complexity index is 295. The lowest BCUT2D eigenvalue weighted by Crippen LogP contribution is -1.73. The number of aromatic amines is 1. The van der Waals surface area contributed by atoms with Crippen LogP contribution in [0.3, 0.4) is 0 Å². The first kappa shape index (κ1) is 9.78. The lowest BCUT2D eigenvalue weighted by Gasteiger charge is -1.84. The molecule has 0 radical (unpaired) electrons. The van der Waals surface area contributed by atoms with Gasteiger partial charge in [0.15, 0.2) is 0 Å². The minimum atomic E-state index is 0. The number of H-pyrrole nitrogens is 1. The number of nitrogens with one attached hydrogen (secondary N) is 1. The Morgan fingerprint density at radius 3 is 2.77 bits per heavy atom. The molecule has 0 fully saturated rings. The summed E-state index contributed by atoms with van der Waals surface area (Å²) in [5.41, 5.74) is 2.17. The molecule has 0 aromatic carbocycles. The van der Waals surface area contributed by atoms with E-state index in [4.69, 9.17) is 0 Å². The molecule has 0 amide bonds.